The van der Waals surface area contributed by atoms with E-state index in [0.717, 1.165) is 0 Å². The molecule has 0 saturated carbocycles. The van der Waals surface area contributed by atoms with Crippen molar-refractivity contribution in [2.75, 3.05) is 7.11 Å². The standard InChI is InChI=1S/C11H12O4/c1-15-11(14)10(13)7-9(12)8-5-3-2-4-6-8/h2-6,10,13H,7H2,1H3/t10-/m0/s1. The predicted octanol–water partition coefficient (Wildman–Crippen LogP) is 0.793. The van der Waals surface area contributed by atoms with Crippen molar-refractivity contribution in [1.82, 2.24) is 0 Å². The smallest absolute Gasteiger partial charge is 0.335 e. The number of aliphatic hydroxyl groups excluding tert-OH is 1. The van der Waals surface area contributed by atoms with Gasteiger partial charge in [0.25, 0.3) is 0 Å². The summed E-state index contributed by atoms with van der Waals surface area (Å²) in [6.07, 6.45) is -1.64. The number of aliphatic hydroxyl groups is 1. The van der Waals surface area contributed by atoms with Crippen LogP contribution in [0.3, 0.4) is 0 Å². The van der Waals surface area contributed by atoms with E-state index in [9.17, 15) is 14.7 Å². The summed E-state index contributed by atoms with van der Waals surface area (Å²) in [5, 5.41) is 9.25. The van der Waals surface area contributed by atoms with Gasteiger partial charge >= 0.3 is 5.97 Å². The molecule has 4 heteroatoms. The van der Waals surface area contributed by atoms with Crippen LogP contribution in [0.1, 0.15) is 16.8 Å². The highest BCUT2D eigenvalue weighted by molar-refractivity contribution is 5.98. The Morgan fingerprint density at radius 3 is 2.47 bits per heavy atom. The Bertz CT molecular complexity index is 345. The lowest BCUT2D eigenvalue weighted by atomic mass is 10.1. The van der Waals surface area contributed by atoms with E-state index in [4.69, 9.17) is 0 Å². The number of hydrogen-bond donors (Lipinski definition) is 1. The minimum absolute atomic E-state index is 0.253. The molecule has 1 rings (SSSR count). The van der Waals surface area contributed by atoms with Gasteiger partial charge in [-0.25, -0.2) is 4.79 Å². The molecule has 1 N–H and O–H groups in total. The van der Waals surface area contributed by atoms with Crippen LogP contribution in [0.25, 0.3) is 0 Å². The van der Waals surface area contributed by atoms with Crippen LogP contribution >= 0.6 is 0 Å². The molecular weight excluding hydrogens is 196 g/mol. The van der Waals surface area contributed by atoms with Crippen molar-refractivity contribution in [3.63, 3.8) is 0 Å². The molecule has 0 radical (unpaired) electrons. The number of esters is 1. The molecule has 0 aromatic heterocycles. The maximum Gasteiger partial charge on any atom is 0.335 e. The molecule has 0 heterocycles. The van der Waals surface area contributed by atoms with Gasteiger partial charge in [0.05, 0.1) is 7.11 Å². The van der Waals surface area contributed by atoms with Crippen LogP contribution in [0.2, 0.25) is 0 Å². The minimum Gasteiger partial charge on any atom is -0.467 e. The summed E-state index contributed by atoms with van der Waals surface area (Å²) >= 11 is 0. The maximum atomic E-state index is 11.5. The molecular formula is C11H12O4. The fourth-order valence-electron chi connectivity index (χ4n) is 1.14. The van der Waals surface area contributed by atoms with Crippen molar-refractivity contribution in [2.45, 2.75) is 12.5 Å². The van der Waals surface area contributed by atoms with E-state index >= 15 is 0 Å². The Kier molecular flexibility index (Phi) is 4.00. The van der Waals surface area contributed by atoms with E-state index in [2.05, 4.69) is 4.74 Å². The lowest BCUT2D eigenvalue weighted by Gasteiger charge is -2.06. The first-order chi connectivity index (χ1) is 7.15. The molecule has 4 nitrogen and oxygen atoms in total. The number of carbonyl (C=O) groups is 2. The van der Waals surface area contributed by atoms with Gasteiger partial charge in [0.15, 0.2) is 11.9 Å². The number of methoxy groups -OCH3 is 1. The monoisotopic (exact) mass is 208 g/mol. The number of ether oxygens (including phenoxy) is 1. The molecule has 1 aromatic rings. The molecule has 0 aliphatic carbocycles. The zero-order valence-electron chi connectivity index (χ0n) is 8.34. The second kappa shape index (κ2) is 5.26. The maximum absolute atomic E-state index is 11.5. The molecule has 0 fully saturated rings. The number of hydrogen-bond acceptors (Lipinski definition) is 4. The zero-order chi connectivity index (χ0) is 11.3. The summed E-state index contributed by atoms with van der Waals surface area (Å²) in [7, 11) is 1.17. The van der Waals surface area contributed by atoms with Gasteiger partial charge in [-0.2, -0.15) is 0 Å². The average molecular weight is 208 g/mol. The third kappa shape index (κ3) is 3.18. The summed E-state index contributed by atoms with van der Waals surface area (Å²) < 4.78 is 4.31. The van der Waals surface area contributed by atoms with Crippen LogP contribution in [0.5, 0.6) is 0 Å². The number of rotatable bonds is 4. The minimum atomic E-state index is -1.39. The molecule has 1 atom stereocenters. The molecule has 0 aliphatic heterocycles. The summed E-state index contributed by atoms with van der Waals surface area (Å²) in [6.45, 7) is 0. The van der Waals surface area contributed by atoms with Crippen molar-refractivity contribution in [3.05, 3.63) is 35.9 Å². The lowest BCUT2D eigenvalue weighted by Crippen LogP contribution is -2.24. The van der Waals surface area contributed by atoms with E-state index in [1.807, 2.05) is 0 Å². The van der Waals surface area contributed by atoms with Crippen LogP contribution in [0.15, 0.2) is 30.3 Å². The number of benzene rings is 1. The van der Waals surface area contributed by atoms with Crippen molar-refractivity contribution >= 4 is 11.8 Å². The Morgan fingerprint density at radius 2 is 1.93 bits per heavy atom. The van der Waals surface area contributed by atoms with E-state index in [-0.39, 0.29) is 12.2 Å². The third-order valence-corrected chi connectivity index (χ3v) is 1.95. The molecule has 0 amide bonds. The van der Waals surface area contributed by atoms with Crippen LogP contribution in [0.4, 0.5) is 0 Å². The fraction of sp³-hybridized carbons (Fsp3) is 0.273. The van der Waals surface area contributed by atoms with Crippen LogP contribution in [0, 0.1) is 0 Å². The second-order valence-corrected chi connectivity index (χ2v) is 3.03. The van der Waals surface area contributed by atoms with E-state index in [1.165, 1.54) is 7.11 Å². The van der Waals surface area contributed by atoms with E-state index in [1.54, 1.807) is 30.3 Å². The van der Waals surface area contributed by atoms with Gasteiger partial charge < -0.3 is 9.84 Å². The van der Waals surface area contributed by atoms with E-state index < -0.39 is 12.1 Å². The Morgan fingerprint density at radius 1 is 1.33 bits per heavy atom. The normalized spacial score (nSPS) is 11.9. The first-order valence-electron chi connectivity index (χ1n) is 4.49. The van der Waals surface area contributed by atoms with Crippen LogP contribution < -0.4 is 0 Å². The molecule has 80 valence electrons. The van der Waals surface area contributed by atoms with Crippen molar-refractivity contribution in [2.24, 2.45) is 0 Å². The van der Waals surface area contributed by atoms with Gasteiger partial charge in [-0.05, 0) is 0 Å². The third-order valence-electron chi connectivity index (χ3n) is 1.95. The molecule has 0 unspecified atom stereocenters. The first kappa shape index (κ1) is 11.4. The molecule has 1 aromatic carbocycles. The highest BCUT2D eigenvalue weighted by Gasteiger charge is 2.19. The highest BCUT2D eigenvalue weighted by Crippen LogP contribution is 2.06. The van der Waals surface area contributed by atoms with Crippen molar-refractivity contribution in [3.8, 4) is 0 Å². The van der Waals surface area contributed by atoms with Gasteiger partial charge in [-0.1, -0.05) is 30.3 Å². The molecule has 0 aliphatic rings. The zero-order valence-corrected chi connectivity index (χ0v) is 8.34. The van der Waals surface area contributed by atoms with Crippen LogP contribution in [-0.2, 0) is 9.53 Å². The number of carbonyl (C=O) groups excluding carboxylic acids is 2. The van der Waals surface area contributed by atoms with Crippen molar-refractivity contribution in [1.29, 1.82) is 0 Å². The molecule has 0 bridgehead atoms. The summed E-state index contributed by atoms with van der Waals surface area (Å²) in [5.41, 5.74) is 0.473. The van der Waals surface area contributed by atoms with Gasteiger partial charge in [0, 0.05) is 12.0 Å². The topological polar surface area (TPSA) is 63.6 Å². The van der Waals surface area contributed by atoms with Crippen LogP contribution in [-0.4, -0.2) is 30.1 Å². The summed E-state index contributed by atoms with van der Waals surface area (Å²) in [5.74, 6) is -1.08. The van der Waals surface area contributed by atoms with Gasteiger partial charge in [-0.3, -0.25) is 4.79 Å². The quantitative estimate of drug-likeness (QED) is 0.587. The summed E-state index contributed by atoms with van der Waals surface area (Å²) in [4.78, 5) is 22.4. The van der Waals surface area contributed by atoms with Gasteiger partial charge in [-0.15, -0.1) is 0 Å². The second-order valence-electron chi connectivity index (χ2n) is 3.03. The molecule has 0 saturated heterocycles. The largest absolute Gasteiger partial charge is 0.467 e. The molecule has 15 heavy (non-hydrogen) atoms. The van der Waals surface area contributed by atoms with Crippen molar-refractivity contribution < 1.29 is 19.4 Å². The van der Waals surface area contributed by atoms with E-state index in [0.29, 0.717) is 5.56 Å². The Balaban J connectivity index is 2.61. The summed E-state index contributed by atoms with van der Waals surface area (Å²) in [6, 6.07) is 8.49. The SMILES string of the molecule is COC(=O)[C@@H](O)CC(=O)c1ccccc1. The molecule has 0 spiro atoms. The average Bonchev–Trinajstić information content (AvgIpc) is 2.29. The lowest BCUT2D eigenvalue weighted by molar-refractivity contribution is -0.150. The van der Waals surface area contributed by atoms with Gasteiger partial charge in [0.1, 0.15) is 0 Å². The Labute approximate surface area is 87.5 Å². The predicted molar refractivity (Wildman–Crippen MR) is 53.4 cm³/mol. The number of Topliss-reactive ketones (excluding diaryl/α,β-unsaturated/α-hetero) is 1. The fourth-order valence-corrected chi connectivity index (χ4v) is 1.14. The highest BCUT2D eigenvalue weighted by atomic mass is 16.5. The van der Waals surface area contributed by atoms with Gasteiger partial charge in [0.2, 0.25) is 0 Å². The number of ketones is 1. The first-order valence-corrected chi connectivity index (χ1v) is 4.49. The Hall–Kier alpha value is -1.68.